The highest BCUT2D eigenvalue weighted by molar-refractivity contribution is 6.34. The lowest BCUT2D eigenvalue weighted by atomic mass is 10.2. The highest BCUT2D eigenvalue weighted by atomic mass is 35.5. The fourth-order valence-corrected chi connectivity index (χ4v) is 1.88. The van der Waals surface area contributed by atoms with E-state index >= 15 is 0 Å². The summed E-state index contributed by atoms with van der Waals surface area (Å²) >= 11 is 12.0. The van der Waals surface area contributed by atoms with Crippen LogP contribution in [0.4, 0.5) is 0 Å². The number of halogens is 2. The van der Waals surface area contributed by atoms with E-state index in [1.165, 1.54) is 0 Å². The Morgan fingerprint density at radius 2 is 2.11 bits per heavy atom. The molecular weight excluding hydrogens is 275 g/mol. The molecule has 0 atom stereocenters. The minimum atomic E-state index is -0.0405. The Balaban J connectivity index is 2.46. The molecule has 0 radical (unpaired) electrons. The molecule has 0 saturated heterocycles. The normalized spacial score (nSPS) is 11.8. The Morgan fingerprint density at radius 1 is 1.39 bits per heavy atom. The van der Waals surface area contributed by atoms with Gasteiger partial charge in [-0.1, -0.05) is 28.4 Å². The maximum absolute atomic E-state index is 8.61. The van der Waals surface area contributed by atoms with Crippen LogP contribution in [0.1, 0.15) is 11.3 Å². The van der Waals surface area contributed by atoms with E-state index in [0.717, 1.165) is 11.4 Å². The van der Waals surface area contributed by atoms with Gasteiger partial charge in [0.25, 0.3) is 0 Å². The molecule has 2 aromatic rings. The van der Waals surface area contributed by atoms with Crippen molar-refractivity contribution in [1.82, 2.24) is 9.78 Å². The molecule has 18 heavy (non-hydrogen) atoms. The first kappa shape index (κ1) is 12.7. The minimum absolute atomic E-state index is 0.0405. The lowest BCUT2D eigenvalue weighted by molar-refractivity contribution is 0.318. The quantitative estimate of drug-likeness (QED) is 0.385. The van der Waals surface area contributed by atoms with E-state index in [1.54, 1.807) is 29.1 Å². The summed E-state index contributed by atoms with van der Waals surface area (Å²) in [6, 6.07) is 5.07. The Labute approximate surface area is 113 Å². The number of rotatable bonds is 2. The number of aromatic nitrogens is 2. The predicted molar refractivity (Wildman–Crippen MR) is 70.8 cm³/mol. The van der Waals surface area contributed by atoms with Gasteiger partial charge in [-0.2, -0.15) is 5.10 Å². The first-order chi connectivity index (χ1) is 8.52. The fraction of sp³-hybridized carbons (Fsp3) is 0.0909. The molecule has 0 unspecified atom stereocenters. The van der Waals surface area contributed by atoms with Crippen LogP contribution in [0.2, 0.25) is 10.0 Å². The summed E-state index contributed by atoms with van der Waals surface area (Å²) in [5, 5.41) is 16.7. The number of nitrogens with zero attached hydrogens (tertiary/aromatic N) is 3. The molecule has 0 aliphatic rings. The second kappa shape index (κ2) is 4.88. The number of hydrogen-bond donors (Lipinski definition) is 2. The Morgan fingerprint density at radius 3 is 2.61 bits per heavy atom. The zero-order chi connectivity index (χ0) is 13.3. The summed E-state index contributed by atoms with van der Waals surface area (Å²) in [5.74, 6) is -0.0405. The van der Waals surface area contributed by atoms with Crippen molar-refractivity contribution in [3.8, 4) is 5.69 Å². The summed E-state index contributed by atoms with van der Waals surface area (Å²) in [6.45, 7) is 1.81. The number of oxime groups is 1. The molecule has 0 spiro atoms. The molecule has 1 heterocycles. The van der Waals surface area contributed by atoms with Gasteiger partial charge in [0, 0.05) is 11.8 Å². The number of aryl methyl sites for hydroxylation is 1. The van der Waals surface area contributed by atoms with E-state index in [0.29, 0.717) is 15.6 Å². The van der Waals surface area contributed by atoms with E-state index in [4.69, 9.17) is 34.1 Å². The van der Waals surface area contributed by atoms with Crippen LogP contribution in [0.3, 0.4) is 0 Å². The van der Waals surface area contributed by atoms with Gasteiger partial charge in [-0.05, 0) is 25.1 Å². The molecule has 2 rings (SSSR count). The van der Waals surface area contributed by atoms with E-state index in [1.807, 2.05) is 6.92 Å². The van der Waals surface area contributed by atoms with Gasteiger partial charge in [0.1, 0.15) is 0 Å². The van der Waals surface area contributed by atoms with Crippen molar-refractivity contribution in [2.24, 2.45) is 10.9 Å². The van der Waals surface area contributed by atoms with E-state index in [-0.39, 0.29) is 5.84 Å². The van der Waals surface area contributed by atoms with Crippen molar-refractivity contribution < 1.29 is 5.21 Å². The van der Waals surface area contributed by atoms with Crippen LogP contribution in [0.5, 0.6) is 0 Å². The van der Waals surface area contributed by atoms with Crippen molar-refractivity contribution in [2.75, 3.05) is 0 Å². The van der Waals surface area contributed by atoms with Crippen LogP contribution >= 0.6 is 23.2 Å². The minimum Gasteiger partial charge on any atom is -0.409 e. The Hall–Kier alpha value is -1.72. The monoisotopic (exact) mass is 284 g/mol. The largest absolute Gasteiger partial charge is 0.409 e. The number of amidine groups is 1. The zero-order valence-corrected chi connectivity index (χ0v) is 10.9. The first-order valence-electron chi connectivity index (χ1n) is 5.02. The van der Waals surface area contributed by atoms with Crippen LogP contribution in [-0.2, 0) is 0 Å². The maximum Gasteiger partial charge on any atom is 0.171 e. The molecule has 7 heteroatoms. The maximum atomic E-state index is 8.61. The van der Waals surface area contributed by atoms with Crippen molar-refractivity contribution in [1.29, 1.82) is 0 Å². The first-order valence-corrected chi connectivity index (χ1v) is 5.78. The third-order valence-electron chi connectivity index (χ3n) is 2.44. The molecule has 0 aliphatic heterocycles. The number of benzene rings is 1. The van der Waals surface area contributed by atoms with Gasteiger partial charge >= 0.3 is 0 Å². The van der Waals surface area contributed by atoms with Gasteiger partial charge in [-0.15, -0.1) is 0 Å². The molecule has 0 aliphatic carbocycles. The SMILES string of the molecule is Cc1nn(-c2ccc(C(N)=NO)c(Cl)c2)cc1Cl. The summed E-state index contributed by atoms with van der Waals surface area (Å²) < 4.78 is 1.61. The highest BCUT2D eigenvalue weighted by Gasteiger charge is 2.09. The molecule has 0 bridgehead atoms. The topological polar surface area (TPSA) is 76.4 Å². The van der Waals surface area contributed by atoms with Crippen LogP contribution in [0.15, 0.2) is 29.6 Å². The van der Waals surface area contributed by atoms with E-state index in [2.05, 4.69) is 10.3 Å². The van der Waals surface area contributed by atoms with E-state index in [9.17, 15) is 0 Å². The van der Waals surface area contributed by atoms with Crippen LogP contribution < -0.4 is 5.73 Å². The summed E-state index contributed by atoms with van der Waals surface area (Å²) in [6.07, 6.45) is 1.69. The third kappa shape index (κ3) is 2.27. The van der Waals surface area contributed by atoms with Gasteiger partial charge in [-0.3, -0.25) is 0 Å². The lowest BCUT2D eigenvalue weighted by Crippen LogP contribution is -2.13. The molecule has 3 N–H and O–H groups in total. The smallest absolute Gasteiger partial charge is 0.171 e. The Bertz CT molecular complexity index is 602. The molecule has 1 aromatic carbocycles. The van der Waals surface area contributed by atoms with Gasteiger partial charge in [0.2, 0.25) is 0 Å². The Kier molecular flexibility index (Phi) is 3.45. The summed E-state index contributed by atoms with van der Waals surface area (Å²) in [5.41, 5.74) is 7.41. The fourth-order valence-electron chi connectivity index (χ4n) is 1.48. The van der Waals surface area contributed by atoms with Crippen molar-refractivity contribution in [3.63, 3.8) is 0 Å². The van der Waals surface area contributed by atoms with E-state index < -0.39 is 0 Å². The van der Waals surface area contributed by atoms with Gasteiger partial charge in [0.15, 0.2) is 5.84 Å². The molecule has 5 nitrogen and oxygen atoms in total. The highest BCUT2D eigenvalue weighted by Crippen LogP contribution is 2.22. The van der Waals surface area contributed by atoms with Crippen molar-refractivity contribution >= 4 is 29.0 Å². The molecule has 94 valence electrons. The number of hydrogen-bond acceptors (Lipinski definition) is 3. The van der Waals surface area contributed by atoms with Gasteiger partial charge < -0.3 is 10.9 Å². The molecule has 0 saturated carbocycles. The molecule has 0 fully saturated rings. The predicted octanol–water partition coefficient (Wildman–Crippen LogP) is 2.58. The lowest BCUT2D eigenvalue weighted by Gasteiger charge is -2.05. The standard InChI is InChI=1S/C11H10Cl2N4O/c1-6-10(13)5-17(15-6)7-2-3-8(9(12)4-7)11(14)16-18/h2-5,18H,1H3,(H2,14,16). The van der Waals surface area contributed by atoms with Crippen LogP contribution in [0.25, 0.3) is 5.69 Å². The third-order valence-corrected chi connectivity index (χ3v) is 3.12. The summed E-state index contributed by atoms with van der Waals surface area (Å²) in [7, 11) is 0. The van der Waals surface area contributed by atoms with Gasteiger partial charge in [-0.25, -0.2) is 4.68 Å². The zero-order valence-electron chi connectivity index (χ0n) is 9.43. The van der Waals surface area contributed by atoms with Gasteiger partial charge in [0.05, 0.1) is 21.4 Å². The molecule has 0 amide bonds. The second-order valence-corrected chi connectivity index (χ2v) is 4.47. The molecule has 1 aromatic heterocycles. The average Bonchev–Trinajstić information content (AvgIpc) is 2.68. The molecular formula is C11H10Cl2N4O. The average molecular weight is 285 g/mol. The second-order valence-electron chi connectivity index (χ2n) is 3.66. The van der Waals surface area contributed by atoms with Crippen molar-refractivity contribution in [3.05, 3.63) is 45.7 Å². The van der Waals surface area contributed by atoms with Crippen molar-refractivity contribution in [2.45, 2.75) is 6.92 Å². The van der Waals surface area contributed by atoms with Crippen LogP contribution in [0, 0.1) is 6.92 Å². The van der Waals surface area contributed by atoms with Crippen LogP contribution in [-0.4, -0.2) is 20.8 Å². The number of nitrogens with two attached hydrogens (primary N) is 1. The summed E-state index contributed by atoms with van der Waals surface area (Å²) in [4.78, 5) is 0.